The van der Waals surface area contributed by atoms with Gasteiger partial charge in [-0.15, -0.1) is 13.2 Å². The molecule has 0 aliphatic carbocycles. The molecular formula is C7H3F4N3O. The molecule has 0 saturated carbocycles. The van der Waals surface area contributed by atoms with E-state index in [-0.39, 0.29) is 0 Å². The summed E-state index contributed by atoms with van der Waals surface area (Å²) >= 11 is 0. The van der Waals surface area contributed by atoms with Gasteiger partial charge in [-0.1, -0.05) is 0 Å². The van der Waals surface area contributed by atoms with Crippen molar-refractivity contribution in [3.8, 4) is 11.8 Å². The first-order chi connectivity index (χ1) is 6.83. The third-order valence-electron chi connectivity index (χ3n) is 1.32. The maximum Gasteiger partial charge on any atom is 0.573 e. The molecule has 0 atom stereocenters. The molecule has 0 unspecified atom stereocenters. The standard InChI is InChI=1S/C7H3F4N3O/c8-5-4(15-7(9,10)11)1-3(2-12)6(13)14-5/h1H,(H2,13,14). The zero-order valence-corrected chi connectivity index (χ0v) is 6.97. The number of nitrogens with zero attached hydrogens (tertiary/aromatic N) is 2. The summed E-state index contributed by atoms with van der Waals surface area (Å²) in [5, 5.41) is 8.40. The van der Waals surface area contributed by atoms with Crippen molar-refractivity contribution in [2.75, 3.05) is 5.73 Å². The van der Waals surface area contributed by atoms with Crippen LogP contribution in [0.2, 0.25) is 0 Å². The van der Waals surface area contributed by atoms with E-state index in [4.69, 9.17) is 11.0 Å². The van der Waals surface area contributed by atoms with Crippen molar-refractivity contribution in [1.29, 1.82) is 5.26 Å². The minimum absolute atomic E-state index is 0.393. The van der Waals surface area contributed by atoms with Crippen LogP contribution in [0.5, 0.6) is 5.75 Å². The topological polar surface area (TPSA) is 71.9 Å². The van der Waals surface area contributed by atoms with Crippen LogP contribution in [0.3, 0.4) is 0 Å². The fourth-order valence-electron chi connectivity index (χ4n) is 0.771. The van der Waals surface area contributed by atoms with E-state index in [1.807, 2.05) is 0 Å². The molecule has 0 aliphatic heterocycles. The van der Waals surface area contributed by atoms with Crippen molar-refractivity contribution in [3.63, 3.8) is 0 Å². The highest BCUT2D eigenvalue weighted by Gasteiger charge is 2.33. The number of rotatable bonds is 1. The minimum atomic E-state index is -5.05. The summed E-state index contributed by atoms with van der Waals surface area (Å²) in [7, 11) is 0. The molecule has 15 heavy (non-hydrogen) atoms. The molecule has 1 rings (SSSR count). The molecule has 0 bridgehead atoms. The molecular weight excluding hydrogens is 218 g/mol. The molecule has 0 aliphatic rings. The predicted molar refractivity (Wildman–Crippen MR) is 40.0 cm³/mol. The Hall–Kier alpha value is -2.04. The van der Waals surface area contributed by atoms with Gasteiger partial charge in [0.05, 0.1) is 5.56 Å². The molecule has 8 heteroatoms. The number of nitrogens with two attached hydrogens (primary N) is 1. The highest BCUT2D eigenvalue weighted by atomic mass is 19.4. The molecule has 0 spiro atoms. The van der Waals surface area contributed by atoms with Crippen LogP contribution in [0.25, 0.3) is 0 Å². The van der Waals surface area contributed by atoms with E-state index in [0.717, 1.165) is 0 Å². The quantitative estimate of drug-likeness (QED) is 0.577. The van der Waals surface area contributed by atoms with Gasteiger partial charge in [0.1, 0.15) is 11.9 Å². The highest BCUT2D eigenvalue weighted by molar-refractivity contribution is 5.51. The molecule has 0 saturated heterocycles. The summed E-state index contributed by atoms with van der Waals surface area (Å²) in [4.78, 5) is 2.89. The Kier molecular flexibility index (Phi) is 2.65. The van der Waals surface area contributed by atoms with Gasteiger partial charge in [0.15, 0.2) is 5.75 Å². The Labute approximate surface area is 80.9 Å². The molecule has 1 aromatic rings. The van der Waals surface area contributed by atoms with E-state index in [1.165, 1.54) is 6.07 Å². The van der Waals surface area contributed by atoms with Gasteiger partial charge in [-0.25, -0.2) is 0 Å². The second kappa shape index (κ2) is 3.61. The normalized spacial score (nSPS) is 10.9. The lowest BCUT2D eigenvalue weighted by Gasteiger charge is -2.09. The van der Waals surface area contributed by atoms with Gasteiger partial charge in [-0.2, -0.15) is 14.6 Å². The van der Waals surface area contributed by atoms with E-state index < -0.39 is 29.4 Å². The van der Waals surface area contributed by atoms with E-state index >= 15 is 0 Å². The van der Waals surface area contributed by atoms with Crippen LogP contribution in [0.1, 0.15) is 5.56 Å². The van der Waals surface area contributed by atoms with Crippen molar-refractivity contribution >= 4 is 5.82 Å². The number of nitriles is 1. The van der Waals surface area contributed by atoms with E-state index in [2.05, 4.69) is 9.72 Å². The van der Waals surface area contributed by atoms with Crippen LogP contribution in [0, 0.1) is 17.3 Å². The van der Waals surface area contributed by atoms with Gasteiger partial charge in [-0.3, -0.25) is 0 Å². The van der Waals surface area contributed by atoms with Crippen LogP contribution in [-0.2, 0) is 0 Å². The zero-order valence-electron chi connectivity index (χ0n) is 6.97. The number of aromatic nitrogens is 1. The number of hydrogen-bond donors (Lipinski definition) is 1. The predicted octanol–water partition coefficient (Wildman–Crippen LogP) is 1.57. The number of pyridine rings is 1. The Morgan fingerprint density at radius 2 is 2.07 bits per heavy atom. The van der Waals surface area contributed by atoms with Gasteiger partial charge < -0.3 is 10.5 Å². The number of hydrogen-bond acceptors (Lipinski definition) is 4. The first-order valence-electron chi connectivity index (χ1n) is 3.45. The second-order valence-electron chi connectivity index (χ2n) is 2.37. The van der Waals surface area contributed by atoms with Gasteiger partial charge in [0, 0.05) is 6.07 Å². The lowest BCUT2D eigenvalue weighted by molar-refractivity contribution is -0.275. The second-order valence-corrected chi connectivity index (χ2v) is 2.37. The molecule has 2 N–H and O–H groups in total. The largest absolute Gasteiger partial charge is 0.573 e. The van der Waals surface area contributed by atoms with Crippen molar-refractivity contribution in [2.24, 2.45) is 0 Å². The molecule has 0 radical (unpaired) electrons. The SMILES string of the molecule is N#Cc1cc(OC(F)(F)F)c(F)nc1N. The third kappa shape index (κ3) is 2.70. The summed E-state index contributed by atoms with van der Waals surface area (Å²) in [6.45, 7) is 0. The van der Waals surface area contributed by atoms with Crippen LogP contribution in [-0.4, -0.2) is 11.3 Å². The zero-order chi connectivity index (χ0) is 11.6. The van der Waals surface area contributed by atoms with Gasteiger partial charge in [0.25, 0.3) is 5.95 Å². The van der Waals surface area contributed by atoms with Crippen molar-refractivity contribution in [1.82, 2.24) is 4.98 Å². The van der Waals surface area contributed by atoms with E-state index in [9.17, 15) is 17.6 Å². The molecule has 0 fully saturated rings. The number of ether oxygens (including phenoxy) is 1. The first-order valence-corrected chi connectivity index (χ1v) is 3.45. The lowest BCUT2D eigenvalue weighted by Crippen LogP contribution is -2.18. The fraction of sp³-hybridized carbons (Fsp3) is 0.143. The van der Waals surface area contributed by atoms with Gasteiger partial charge >= 0.3 is 6.36 Å². The summed E-state index contributed by atoms with van der Waals surface area (Å²) in [5.74, 6) is -3.21. The lowest BCUT2D eigenvalue weighted by atomic mass is 10.3. The highest BCUT2D eigenvalue weighted by Crippen LogP contribution is 2.26. The van der Waals surface area contributed by atoms with Crippen LogP contribution in [0.4, 0.5) is 23.4 Å². The molecule has 80 valence electrons. The summed E-state index contributed by atoms with van der Waals surface area (Å²) in [6, 6.07) is 1.98. The number of anilines is 1. The number of alkyl halides is 3. The Balaban J connectivity index is 3.15. The van der Waals surface area contributed by atoms with Crippen molar-refractivity contribution in [2.45, 2.75) is 6.36 Å². The molecule has 0 aromatic carbocycles. The van der Waals surface area contributed by atoms with Crippen LogP contribution >= 0.6 is 0 Å². The van der Waals surface area contributed by atoms with E-state index in [0.29, 0.717) is 6.07 Å². The Morgan fingerprint density at radius 3 is 2.53 bits per heavy atom. The third-order valence-corrected chi connectivity index (χ3v) is 1.32. The monoisotopic (exact) mass is 221 g/mol. The molecule has 0 amide bonds. The summed E-state index contributed by atoms with van der Waals surface area (Å²) < 4.78 is 51.2. The average molecular weight is 221 g/mol. The number of nitrogen functional groups attached to an aromatic ring is 1. The van der Waals surface area contributed by atoms with Crippen molar-refractivity contribution < 1.29 is 22.3 Å². The van der Waals surface area contributed by atoms with Gasteiger partial charge in [-0.05, 0) is 0 Å². The number of halogens is 4. The maximum absolute atomic E-state index is 12.8. The van der Waals surface area contributed by atoms with E-state index in [1.54, 1.807) is 0 Å². The summed E-state index contributed by atoms with van der Waals surface area (Å²) in [6.07, 6.45) is -5.05. The summed E-state index contributed by atoms with van der Waals surface area (Å²) in [5.41, 5.74) is 4.66. The molecule has 1 aromatic heterocycles. The molecule has 4 nitrogen and oxygen atoms in total. The fourth-order valence-corrected chi connectivity index (χ4v) is 0.771. The van der Waals surface area contributed by atoms with Gasteiger partial charge in [0.2, 0.25) is 0 Å². The van der Waals surface area contributed by atoms with Crippen LogP contribution < -0.4 is 10.5 Å². The average Bonchev–Trinajstić information content (AvgIpc) is 2.07. The van der Waals surface area contributed by atoms with Crippen molar-refractivity contribution in [3.05, 3.63) is 17.6 Å². The molecule has 1 heterocycles. The first kappa shape index (κ1) is 11.0. The Bertz CT molecular complexity index is 423. The smallest absolute Gasteiger partial charge is 0.401 e. The van der Waals surface area contributed by atoms with Crippen LogP contribution in [0.15, 0.2) is 6.07 Å². The maximum atomic E-state index is 12.8. The Morgan fingerprint density at radius 1 is 1.47 bits per heavy atom. The minimum Gasteiger partial charge on any atom is -0.401 e.